The monoisotopic (exact) mass is 378 g/mol. The maximum atomic E-state index is 12.8. The van der Waals surface area contributed by atoms with E-state index in [0.717, 1.165) is 12.1 Å². The van der Waals surface area contributed by atoms with Gasteiger partial charge in [-0.1, -0.05) is 30.3 Å². The molecule has 0 bridgehead atoms. The molecule has 1 fully saturated rings. The van der Waals surface area contributed by atoms with E-state index < -0.39 is 29.2 Å². The second-order valence-electron chi connectivity index (χ2n) is 6.28. The molecule has 142 valence electrons. The topological polar surface area (TPSA) is 69.6 Å². The number of anilines is 1. The number of hydrogen-bond donors (Lipinski definition) is 2. The lowest BCUT2D eigenvalue weighted by Gasteiger charge is -2.22. The first-order valence-electron chi connectivity index (χ1n) is 8.25. The Bertz CT molecular complexity index is 855. The van der Waals surface area contributed by atoms with Crippen LogP contribution in [0.15, 0.2) is 54.6 Å². The highest BCUT2D eigenvalue weighted by Gasteiger charge is 2.51. The molecule has 0 saturated carbocycles. The fraction of sp³-hybridized carbons (Fsp3) is 0.263. The molecule has 1 saturated heterocycles. The van der Waals surface area contributed by atoms with Gasteiger partial charge in [-0.05, 0) is 29.8 Å². The van der Waals surface area contributed by atoms with E-state index in [2.05, 4.69) is 5.32 Å². The van der Waals surface area contributed by atoms with Gasteiger partial charge in [0.25, 0.3) is 11.8 Å². The van der Waals surface area contributed by atoms with Gasteiger partial charge in [-0.25, -0.2) is 0 Å². The molecule has 1 aliphatic rings. The Labute approximate surface area is 153 Å². The van der Waals surface area contributed by atoms with Crippen molar-refractivity contribution in [3.05, 3.63) is 65.7 Å². The molecule has 0 radical (unpaired) electrons. The van der Waals surface area contributed by atoms with Gasteiger partial charge in [-0.15, -0.1) is 0 Å². The van der Waals surface area contributed by atoms with E-state index in [1.54, 1.807) is 30.3 Å². The first-order chi connectivity index (χ1) is 12.7. The minimum Gasteiger partial charge on any atom is -0.372 e. The van der Waals surface area contributed by atoms with Crippen LogP contribution >= 0.6 is 0 Å². The molecule has 2 N–H and O–H groups in total. The van der Waals surface area contributed by atoms with Crippen LogP contribution in [0.3, 0.4) is 0 Å². The third-order valence-corrected chi connectivity index (χ3v) is 4.45. The molecule has 0 spiro atoms. The van der Waals surface area contributed by atoms with Crippen molar-refractivity contribution in [1.29, 1.82) is 0 Å². The number of alkyl halides is 3. The summed E-state index contributed by atoms with van der Waals surface area (Å²) < 4.78 is 38.3. The molecule has 27 heavy (non-hydrogen) atoms. The van der Waals surface area contributed by atoms with Crippen LogP contribution in [0.5, 0.6) is 0 Å². The lowest BCUT2D eigenvalue weighted by atomic mass is 10.0. The van der Waals surface area contributed by atoms with Gasteiger partial charge in [0.05, 0.1) is 5.56 Å². The highest BCUT2D eigenvalue weighted by Crippen LogP contribution is 2.30. The Morgan fingerprint density at radius 2 is 1.85 bits per heavy atom. The highest BCUT2D eigenvalue weighted by atomic mass is 19.4. The average Bonchev–Trinajstić information content (AvgIpc) is 2.96. The van der Waals surface area contributed by atoms with Crippen molar-refractivity contribution >= 4 is 17.5 Å². The standard InChI is InChI=1S/C19H17F3N2O3/c20-19(21,22)14-6-4-5-13(11-14)12-23-16(25)18(27)9-10-24(17(18)26)15-7-2-1-3-8-15/h1-8,11,27H,9-10,12H2,(H,23,25)/t18-/m0/s1. The van der Waals surface area contributed by atoms with Crippen molar-refractivity contribution in [1.82, 2.24) is 5.32 Å². The molecular formula is C19H17F3N2O3. The number of hydrogen-bond acceptors (Lipinski definition) is 3. The molecule has 1 aliphatic heterocycles. The van der Waals surface area contributed by atoms with E-state index in [0.29, 0.717) is 5.69 Å². The van der Waals surface area contributed by atoms with Crippen molar-refractivity contribution in [2.75, 3.05) is 11.4 Å². The second kappa shape index (κ2) is 7.03. The van der Waals surface area contributed by atoms with E-state index in [9.17, 15) is 27.9 Å². The van der Waals surface area contributed by atoms with Gasteiger partial charge < -0.3 is 15.3 Å². The summed E-state index contributed by atoms with van der Waals surface area (Å²) in [6, 6.07) is 13.1. The van der Waals surface area contributed by atoms with Crippen molar-refractivity contribution in [3.8, 4) is 0 Å². The number of para-hydroxylation sites is 1. The van der Waals surface area contributed by atoms with E-state index in [1.165, 1.54) is 17.0 Å². The number of rotatable bonds is 4. The predicted octanol–water partition coefficient (Wildman–Crippen LogP) is 2.49. The van der Waals surface area contributed by atoms with Crippen molar-refractivity contribution in [3.63, 3.8) is 0 Å². The van der Waals surface area contributed by atoms with Gasteiger partial charge in [-0.2, -0.15) is 13.2 Å². The van der Waals surface area contributed by atoms with E-state index >= 15 is 0 Å². The predicted molar refractivity (Wildman–Crippen MR) is 91.7 cm³/mol. The van der Waals surface area contributed by atoms with Crippen LogP contribution in [-0.4, -0.2) is 29.1 Å². The smallest absolute Gasteiger partial charge is 0.372 e. The Morgan fingerprint density at radius 3 is 2.52 bits per heavy atom. The lowest BCUT2D eigenvalue weighted by Crippen LogP contribution is -2.52. The molecular weight excluding hydrogens is 361 g/mol. The fourth-order valence-corrected chi connectivity index (χ4v) is 2.96. The number of benzene rings is 2. The Balaban J connectivity index is 1.69. The van der Waals surface area contributed by atoms with Gasteiger partial charge in [0, 0.05) is 25.2 Å². The normalized spacial score (nSPS) is 20.0. The largest absolute Gasteiger partial charge is 0.416 e. The van der Waals surface area contributed by atoms with Crippen LogP contribution in [0.1, 0.15) is 17.5 Å². The summed E-state index contributed by atoms with van der Waals surface area (Å²) in [5.41, 5.74) is -2.30. The molecule has 1 atom stereocenters. The van der Waals surface area contributed by atoms with Crippen LogP contribution in [0.4, 0.5) is 18.9 Å². The second-order valence-corrected chi connectivity index (χ2v) is 6.28. The Hall–Kier alpha value is -2.87. The van der Waals surface area contributed by atoms with Gasteiger partial charge >= 0.3 is 6.18 Å². The number of nitrogens with one attached hydrogen (secondary N) is 1. The van der Waals surface area contributed by atoms with Crippen LogP contribution in [-0.2, 0) is 22.3 Å². The molecule has 5 nitrogen and oxygen atoms in total. The maximum absolute atomic E-state index is 12.8. The summed E-state index contributed by atoms with van der Waals surface area (Å²) in [6.45, 7) is -0.0694. The van der Waals surface area contributed by atoms with Crippen molar-refractivity contribution < 1.29 is 27.9 Å². The van der Waals surface area contributed by atoms with Gasteiger partial charge in [0.15, 0.2) is 0 Å². The van der Waals surface area contributed by atoms with Crippen molar-refractivity contribution in [2.45, 2.75) is 24.7 Å². The number of carbonyl (C=O) groups is 2. The maximum Gasteiger partial charge on any atom is 0.416 e. The number of halogens is 3. The first-order valence-corrected chi connectivity index (χ1v) is 8.25. The lowest BCUT2D eigenvalue weighted by molar-refractivity contribution is -0.149. The third-order valence-electron chi connectivity index (χ3n) is 4.45. The summed E-state index contributed by atoms with van der Waals surface area (Å²) >= 11 is 0. The minimum absolute atomic E-state index is 0.102. The molecule has 3 rings (SSSR count). The van der Waals surface area contributed by atoms with Crippen LogP contribution in [0.25, 0.3) is 0 Å². The molecule has 0 unspecified atom stereocenters. The quantitative estimate of drug-likeness (QED) is 0.804. The minimum atomic E-state index is -4.49. The number of nitrogens with zero attached hydrogens (tertiary/aromatic N) is 1. The molecule has 0 aromatic heterocycles. The average molecular weight is 378 g/mol. The molecule has 1 heterocycles. The van der Waals surface area contributed by atoms with Gasteiger partial charge in [-0.3, -0.25) is 9.59 Å². The van der Waals surface area contributed by atoms with Crippen LogP contribution in [0.2, 0.25) is 0 Å². The van der Waals surface area contributed by atoms with E-state index in [-0.39, 0.29) is 25.1 Å². The summed E-state index contributed by atoms with van der Waals surface area (Å²) in [7, 11) is 0. The van der Waals surface area contributed by atoms with Crippen molar-refractivity contribution in [2.24, 2.45) is 0 Å². The fourth-order valence-electron chi connectivity index (χ4n) is 2.96. The van der Waals surface area contributed by atoms with Gasteiger partial charge in [0.2, 0.25) is 5.60 Å². The number of amides is 2. The number of aliphatic hydroxyl groups is 1. The molecule has 8 heteroatoms. The van der Waals surface area contributed by atoms with Crippen LogP contribution in [0, 0.1) is 0 Å². The molecule has 0 aliphatic carbocycles. The summed E-state index contributed by atoms with van der Waals surface area (Å²) in [6.07, 6.45) is -4.59. The van der Waals surface area contributed by atoms with Crippen LogP contribution < -0.4 is 10.2 Å². The third kappa shape index (κ3) is 3.80. The molecule has 2 aromatic carbocycles. The SMILES string of the molecule is O=C(NCc1cccc(C(F)(F)F)c1)[C@@]1(O)CCN(c2ccccc2)C1=O. The summed E-state index contributed by atoms with van der Waals surface area (Å²) in [5.74, 6) is -1.68. The molecule has 2 aromatic rings. The summed E-state index contributed by atoms with van der Waals surface area (Å²) in [4.78, 5) is 26.2. The zero-order valence-electron chi connectivity index (χ0n) is 14.2. The van der Waals surface area contributed by atoms with Gasteiger partial charge in [0.1, 0.15) is 0 Å². The first kappa shape index (κ1) is 18.9. The number of carbonyl (C=O) groups excluding carboxylic acids is 2. The highest BCUT2D eigenvalue weighted by molar-refractivity contribution is 6.16. The zero-order valence-corrected chi connectivity index (χ0v) is 14.2. The molecule has 2 amide bonds. The zero-order chi connectivity index (χ0) is 19.7. The van der Waals surface area contributed by atoms with E-state index in [1.807, 2.05) is 0 Å². The summed E-state index contributed by atoms with van der Waals surface area (Å²) in [5, 5.41) is 12.9. The van der Waals surface area contributed by atoms with E-state index in [4.69, 9.17) is 0 Å². The Morgan fingerprint density at radius 1 is 1.15 bits per heavy atom. The Kier molecular flexibility index (Phi) is 4.93.